The summed E-state index contributed by atoms with van der Waals surface area (Å²) >= 11 is 1.62. The third kappa shape index (κ3) is 3.73. The first kappa shape index (κ1) is 16.8. The summed E-state index contributed by atoms with van der Waals surface area (Å²) in [6, 6.07) is 20.0. The molecule has 0 fully saturated rings. The number of benzene rings is 2. The van der Waals surface area contributed by atoms with E-state index in [-0.39, 0.29) is 22.2 Å². The number of allylic oxidation sites excluding steroid dienone is 1. The smallest absolute Gasteiger partial charge is 0.164 e. The lowest BCUT2D eigenvalue weighted by Gasteiger charge is -2.32. The van der Waals surface area contributed by atoms with Gasteiger partial charge in [-0.1, -0.05) is 62.4 Å². The Labute approximate surface area is 147 Å². The molecule has 1 aliphatic carbocycles. The highest BCUT2D eigenvalue weighted by atomic mass is 32.2. The van der Waals surface area contributed by atoms with Crippen molar-refractivity contribution in [3.63, 3.8) is 0 Å². The van der Waals surface area contributed by atoms with Gasteiger partial charge in [-0.2, -0.15) is 0 Å². The highest BCUT2D eigenvalue weighted by Crippen LogP contribution is 2.47. The van der Waals surface area contributed by atoms with Crippen LogP contribution in [0.5, 0.6) is 0 Å². The Balaban J connectivity index is 2.03. The molecule has 0 heterocycles. The predicted octanol–water partition coefficient (Wildman–Crippen LogP) is 5.72. The summed E-state index contributed by atoms with van der Waals surface area (Å²) < 4.78 is 0. The lowest BCUT2D eigenvalue weighted by molar-refractivity contribution is -0.118. The van der Waals surface area contributed by atoms with Gasteiger partial charge in [-0.15, -0.1) is 11.8 Å². The molecule has 0 saturated carbocycles. The van der Waals surface area contributed by atoms with Crippen LogP contribution in [0.3, 0.4) is 0 Å². The molecular formula is C21H22O2S. The summed E-state index contributed by atoms with van der Waals surface area (Å²) in [5.41, 5.74) is 1.43. The number of carbonyl (C=O) groups is 1. The van der Waals surface area contributed by atoms with E-state index in [0.29, 0.717) is 18.4 Å². The van der Waals surface area contributed by atoms with Crippen molar-refractivity contribution in [1.29, 1.82) is 0 Å². The Morgan fingerprint density at radius 3 is 2.12 bits per heavy atom. The van der Waals surface area contributed by atoms with Crippen molar-refractivity contribution >= 4 is 17.5 Å². The average Bonchev–Trinajstić information content (AvgIpc) is 2.54. The molecule has 1 aliphatic rings. The van der Waals surface area contributed by atoms with Crippen LogP contribution in [0, 0.1) is 5.41 Å². The molecule has 24 heavy (non-hydrogen) atoms. The van der Waals surface area contributed by atoms with Crippen LogP contribution in [0.25, 0.3) is 0 Å². The average molecular weight is 338 g/mol. The largest absolute Gasteiger partial charge is 0.512 e. The Morgan fingerprint density at radius 2 is 1.54 bits per heavy atom. The van der Waals surface area contributed by atoms with Gasteiger partial charge < -0.3 is 5.11 Å². The zero-order chi connectivity index (χ0) is 17.2. The number of hydrogen-bond acceptors (Lipinski definition) is 3. The number of ketones is 1. The van der Waals surface area contributed by atoms with Crippen LogP contribution in [-0.2, 0) is 4.79 Å². The van der Waals surface area contributed by atoms with E-state index < -0.39 is 0 Å². The molecule has 0 aromatic heterocycles. The molecular weight excluding hydrogens is 316 g/mol. The van der Waals surface area contributed by atoms with Gasteiger partial charge in [0.25, 0.3) is 0 Å². The minimum absolute atomic E-state index is 0.0565. The maximum atomic E-state index is 12.8. The second-order valence-corrected chi connectivity index (χ2v) is 8.20. The number of rotatable bonds is 4. The minimum Gasteiger partial charge on any atom is -0.512 e. The molecule has 124 valence electrons. The molecule has 3 rings (SSSR count). The monoisotopic (exact) mass is 338 g/mol. The van der Waals surface area contributed by atoms with Crippen molar-refractivity contribution in [3.05, 3.63) is 77.6 Å². The molecule has 1 atom stereocenters. The molecule has 2 aromatic rings. The van der Waals surface area contributed by atoms with Gasteiger partial charge in [-0.05, 0) is 23.1 Å². The van der Waals surface area contributed by atoms with Crippen LogP contribution < -0.4 is 0 Å². The zero-order valence-corrected chi connectivity index (χ0v) is 14.8. The first-order valence-electron chi connectivity index (χ1n) is 8.18. The normalized spacial score (nSPS) is 18.5. The summed E-state index contributed by atoms with van der Waals surface area (Å²) in [7, 11) is 0. The van der Waals surface area contributed by atoms with E-state index in [1.807, 2.05) is 74.5 Å². The van der Waals surface area contributed by atoms with Crippen molar-refractivity contribution < 1.29 is 9.90 Å². The summed E-state index contributed by atoms with van der Waals surface area (Å²) in [6.45, 7) is 4.06. The Bertz CT molecular complexity index is 748. The van der Waals surface area contributed by atoms with E-state index in [1.165, 1.54) is 0 Å². The lowest BCUT2D eigenvalue weighted by atomic mass is 9.75. The number of aliphatic hydroxyl groups excluding tert-OH is 1. The Hall–Kier alpha value is -2.00. The van der Waals surface area contributed by atoms with Gasteiger partial charge in [0.05, 0.1) is 10.8 Å². The molecule has 0 amide bonds. The highest BCUT2D eigenvalue weighted by Gasteiger charge is 2.37. The maximum absolute atomic E-state index is 12.8. The number of Topliss-reactive ketones (excluding diaryl/α,β-unsaturated/α-hetero) is 1. The van der Waals surface area contributed by atoms with Crippen molar-refractivity contribution in [3.8, 4) is 0 Å². The lowest BCUT2D eigenvalue weighted by Crippen LogP contribution is -2.27. The molecule has 0 aliphatic heterocycles. The van der Waals surface area contributed by atoms with Gasteiger partial charge in [-0.25, -0.2) is 0 Å². The van der Waals surface area contributed by atoms with Crippen LogP contribution in [-0.4, -0.2) is 10.9 Å². The second kappa shape index (κ2) is 6.86. The molecule has 2 nitrogen and oxygen atoms in total. The topological polar surface area (TPSA) is 37.3 Å². The zero-order valence-electron chi connectivity index (χ0n) is 14.0. The van der Waals surface area contributed by atoms with E-state index >= 15 is 0 Å². The fourth-order valence-electron chi connectivity index (χ4n) is 3.16. The molecule has 3 heteroatoms. The molecule has 2 aromatic carbocycles. The van der Waals surface area contributed by atoms with Gasteiger partial charge in [0.2, 0.25) is 0 Å². The van der Waals surface area contributed by atoms with Gasteiger partial charge >= 0.3 is 0 Å². The van der Waals surface area contributed by atoms with Crippen LogP contribution in [0.4, 0.5) is 0 Å². The van der Waals surface area contributed by atoms with Gasteiger partial charge in [0.15, 0.2) is 5.78 Å². The summed E-state index contributed by atoms with van der Waals surface area (Å²) in [4.78, 5) is 13.9. The number of carbonyl (C=O) groups excluding carboxylic acids is 1. The van der Waals surface area contributed by atoms with Gasteiger partial charge in [0, 0.05) is 17.7 Å². The maximum Gasteiger partial charge on any atom is 0.164 e. The van der Waals surface area contributed by atoms with Crippen LogP contribution in [0.1, 0.15) is 37.5 Å². The number of thioether (sulfide) groups is 1. The standard InChI is InChI=1S/C21H22O2S/c1-21(2)13-17(22)19(18(23)14-21)20(15-9-5-3-6-10-15)24-16-11-7-4-8-12-16/h3-12,20,22H,13-14H2,1-2H3. The predicted molar refractivity (Wildman–Crippen MR) is 99.2 cm³/mol. The summed E-state index contributed by atoms with van der Waals surface area (Å²) in [6.07, 6.45) is 1.03. The molecule has 0 spiro atoms. The molecule has 1 N–H and O–H groups in total. The summed E-state index contributed by atoms with van der Waals surface area (Å²) in [5, 5.41) is 10.4. The molecule has 0 bridgehead atoms. The highest BCUT2D eigenvalue weighted by molar-refractivity contribution is 7.99. The molecule has 0 radical (unpaired) electrons. The first-order chi connectivity index (χ1) is 11.5. The van der Waals surface area contributed by atoms with Crippen LogP contribution in [0.15, 0.2) is 76.9 Å². The van der Waals surface area contributed by atoms with E-state index in [1.54, 1.807) is 11.8 Å². The molecule has 0 saturated heterocycles. The van der Waals surface area contributed by atoms with Crippen LogP contribution >= 0.6 is 11.8 Å². The van der Waals surface area contributed by atoms with Crippen molar-refractivity contribution in [2.45, 2.75) is 36.8 Å². The number of hydrogen-bond donors (Lipinski definition) is 1. The quantitative estimate of drug-likeness (QED) is 0.724. The van der Waals surface area contributed by atoms with Crippen LogP contribution in [0.2, 0.25) is 0 Å². The van der Waals surface area contributed by atoms with E-state index in [9.17, 15) is 9.90 Å². The fourth-order valence-corrected chi connectivity index (χ4v) is 4.42. The van der Waals surface area contributed by atoms with E-state index in [2.05, 4.69) is 0 Å². The number of aliphatic hydroxyl groups is 1. The Morgan fingerprint density at radius 1 is 0.958 bits per heavy atom. The first-order valence-corrected chi connectivity index (χ1v) is 9.06. The van der Waals surface area contributed by atoms with E-state index in [4.69, 9.17) is 0 Å². The van der Waals surface area contributed by atoms with E-state index in [0.717, 1.165) is 10.5 Å². The second-order valence-electron chi connectivity index (χ2n) is 7.02. The molecule has 1 unspecified atom stereocenters. The third-order valence-corrected chi connectivity index (χ3v) is 5.55. The van der Waals surface area contributed by atoms with Gasteiger partial charge in [-0.3, -0.25) is 4.79 Å². The van der Waals surface area contributed by atoms with Crippen molar-refractivity contribution in [2.75, 3.05) is 0 Å². The summed E-state index contributed by atoms with van der Waals surface area (Å²) in [5.74, 6) is 0.301. The third-order valence-electron chi connectivity index (χ3n) is 4.26. The SMILES string of the molecule is CC1(C)CC(=O)C(C(Sc2ccccc2)c2ccccc2)=C(O)C1. The van der Waals surface area contributed by atoms with Gasteiger partial charge in [0.1, 0.15) is 5.76 Å². The fraction of sp³-hybridized carbons (Fsp3) is 0.286. The van der Waals surface area contributed by atoms with Crippen molar-refractivity contribution in [2.24, 2.45) is 5.41 Å². The minimum atomic E-state index is -0.183. The van der Waals surface area contributed by atoms with Crippen molar-refractivity contribution in [1.82, 2.24) is 0 Å². The Kier molecular flexibility index (Phi) is 4.81.